The Hall–Kier alpha value is -0.610. The summed E-state index contributed by atoms with van der Waals surface area (Å²) in [5, 5.41) is 17.4. The molecule has 12 heavy (non-hydrogen) atoms. The molecule has 0 aromatic heterocycles. The van der Waals surface area contributed by atoms with Gasteiger partial charge >= 0.3 is 5.97 Å². The summed E-state index contributed by atoms with van der Waals surface area (Å²) in [4.78, 5) is 11.1. The van der Waals surface area contributed by atoms with E-state index in [1.165, 1.54) is 0 Å². The largest absolute Gasteiger partial charge is 0.435 e. The van der Waals surface area contributed by atoms with Crippen LogP contribution in [0.1, 0.15) is 27.2 Å². The molecule has 0 fully saturated rings. The lowest BCUT2D eigenvalue weighted by Crippen LogP contribution is -2.28. The molecule has 1 atom stereocenters. The minimum absolute atomic E-state index is 0.0574. The average Bonchev–Trinajstić information content (AvgIpc) is 1.85. The highest BCUT2D eigenvalue weighted by atomic mass is 16.6. The molecule has 0 aliphatic heterocycles. The van der Waals surface area contributed by atoms with Crippen molar-refractivity contribution in [2.24, 2.45) is 5.41 Å². The van der Waals surface area contributed by atoms with Gasteiger partial charge < -0.3 is 14.9 Å². The molecule has 0 saturated carbocycles. The number of hydrogen-bond acceptors (Lipinski definition) is 4. The van der Waals surface area contributed by atoms with Gasteiger partial charge in [0.1, 0.15) is 0 Å². The van der Waals surface area contributed by atoms with E-state index in [4.69, 9.17) is 10.2 Å². The quantitative estimate of drug-likeness (QED) is 0.478. The number of carbonyl (C=O) groups excluding carboxylic acids is 1. The Bertz CT molecular complexity index is 148. The summed E-state index contributed by atoms with van der Waals surface area (Å²) in [5.41, 5.74) is -0.615. The van der Waals surface area contributed by atoms with E-state index in [0.29, 0.717) is 0 Å². The van der Waals surface area contributed by atoms with Crippen molar-refractivity contribution in [2.45, 2.75) is 33.5 Å². The van der Waals surface area contributed by atoms with Gasteiger partial charge in [-0.2, -0.15) is 0 Å². The number of hydrogen-bond donors (Lipinski definition) is 2. The lowest BCUT2D eigenvalue weighted by molar-refractivity contribution is -0.179. The molecular weight excluding hydrogens is 160 g/mol. The van der Waals surface area contributed by atoms with Crippen molar-refractivity contribution in [3.05, 3.63) is 0 Å². The van der Waals surface area contributed by atoms with E-state index >= 15 is 0 Å². The van der Waals surface area contributed by atoms with Crippen LogP contribution < -0.4 is 0 Å². The van der Waals surface area contributed by atoms with Gasteiger partial charge in [0.05, 0.1) is 5.41 Å². The van der Waals surface area contributed by atoms with Crippen molar-refractivity contribution in [1.82, 2.24) is 0 Å². The van der Waals surface area contributed by atoms with Crippen LogP contribution in [0.2, 0.25) is 0 Å². The molecule has 0 spiro atoms. The molecule has 1 unspecified atom stereocenters. The fraction of sp³-hybridized carbons (Fsp3) is 0.875. The van der Waals surface area contributed by atoms with Gasteiger partial charge in [0.25, 0.3) is 0 Å². The summed E-state index contributed by atoms with van der Waals surface area (Å²) in [6.45, 7) is 4.89. The minimum atomic E-state index is -1.19. The van der Waals surface area contributed by atoms with E-state index in [1.54, 1.807) is 20.8 Å². The maximum atomic E-state index is 11.1. The second kappa shape index (κ2) is 4.42. The fourth-order valence-electron chi connectivity index (χ4n) is 0.470. The first-order chi connectivity index (χ1) is 5.38. The maximum absolute atomic E-state index is 11.1. The molecule has 0 heterocycles. The average molecular weight is 176 g/mol. The molecule has 0 rings (SSSR count). The van der Waals surface area contributed by atoms with E-state index < -0.39 is 17.7 Å². The molecule has 2 N–H and O–H groups in total. The first-order valence-electron chi connectivity index (χ1n) is 3.88. The number of rotatable bonds is 3. The highest BCUT2D eigenvalue weighted by Gasteiger charge is 2.25. The van der Waals surface area contributed by atoms with Crippen molar-refractivity contribution < 1.29 is 19.7 Å². The SMILES string of the molecule is CC(C)(C)C(=O)OC(O)CCO. The molecule has 4 heteroatoms. The van der Waals surface area contributed by atoms with Gasteiger partial charge in [0.2, 0.25) is 6.29 Å². The lowest BCUT2D eigenvalue weighted by Gasteiger charge is -2.19. The van der Waals surface area contributed by atoms with Crippen molar-refractivity contribution in [3.8, 4) is 0 Å². The molecule has 0 radical (unpaired) electrons. The van der Waals surface area contributed by atoms with Gasteiger partial charge in [-0.25, -0.2) is 0 Å². The second-order valence-electron chi connectivity index (χ2n) is 3.62. The van der Waals surface area contributed by atoms with Crippen LogP contribution in [0.3, 0.4) is 0 Å². The summed E-state index contributed by atoms with van der Waals surface area (Å²) in [5.74, 6) is -0.469. The van der Waals surface area contributed by atoms with Crippen molar-refractivity contribution in [2.75, 3.05) is 6.61 Å². The zero-order chi connectivity index (χ0) is 9.78. The summed E-state index contributed by atoms with van der Waals surface area (Å²) in [6.07, 6.45) is -1.14. The third kappa shape index (κ3) is 4.31. The monoisotopic (exact) mass is 176 g/mol. The number of carbonyl (C=O) groups is 1. The van der Waals surface area contributed by atoms with Gasteiger partial charge in [-0.1, -0.05) is 0 Å². The van der Waals surface area contributed by atoms with E-state index in [-0.39, 0.29) is 13.0 Å². The van der Waals surface area contributed by atoms with Gasteiger partial charge in [0.15, 0.2) is 0 Å². The molecule has 4 nitrogen and oxygen atoms in total. The molecule has 0 bridgehead atoms. The molecule has 0 aliphatic carbocycles. The van der Waals surface area contributed by atoms with Crippen molar-refractivity contribution in [1.29, 1.82) is 0 Å². The predicted molar refractivity (Wildman–Crippen MR) is 43.3 cm³/mol. The molecule has 0 saturated heterocycles. The summed E-state index contributed by atoms with van der Waals surface area (Å²) in [7, 11) is 0. The van der Waals surface area contributed by atoms with E-state index in [2.05, 4.69) is 4.74 Å². The van der Waals surface area contributed by atoms with Crippen LogP contribution >= 0.6 is 0 Å². The lowest BCUT2D eigenvalue weighted by atomic mass is 9.97. The molecular formula is C8H16O4. The third-order valence-corrected chi connectivity index (χ3v) is 1.23. The number of aliphatic hydroxyl groups excluding tert-OH is 2. The first-order valence-corrected chi connectivity index (χ1v) is 3.88. The summed E-state index contributed by atoms with van der Waals surface area (Å²) in [6, 6.07) is 0. The maximum Gasteiger partial charge on any atom is 0.313 e. The first kappa shape index (κ1) is 11.4. The van der Waals surface area contributed by atoms with Gasteiger partial charge in [0, 0.05) is 13.0 Å². The predicted octanol–water partition coefficient (Wildman–Crippen LogP) is 0.277. The van der Waals surface area contributed by atoms with Gasteiger partial charge in [-0.15, -0.1) is 0 Å². The Balaban J connectivity index is 3.85. The Labute approximate surface area is 72.2 Å². The molecule has 0 aliphatic rings. The molecule has 0 amide bonds. The molecule has 0 aromatic carbocycles. The molecule has 0 aromatic rings. The highest BCUT2D eigenvalue weighted by molar-refractivity contribution is 5.75. The smallest absolute Gasteiger partial charge is 0.313 e. The van der Waals surface area contributed by atoms with Gasteiger partial charge in [-0.3, -0.25) is 4.79 Å². The Morgan fingerprint density at radius 2 is 2.00 bits per heavy atom. The Morgan fingerprint density at radius 1 is 1.50 bits per heavy atom. The topological polar surface area (TPSA) is 66.8 Å². The third-order valence-electron chi connectivity index (χ3n) is 1.23. The Kier molecular flexibility index (Phi) is 4.20. The highest BCUT2D eigenvalue weighted by Crippen LogP contribution is 2.16. The second-order valence-corrected chi connectivity index (χ2v) is 3.62. The Morgan fingerprint density at radius 3 is 2.33 bits per heavy atom. The van der Waals surface area contributed by atoms with E-state index in [0.717, 1.165) is 0 Å². The van der Waals surface area contributed by atoms with Crippen molar-refractivity contribution in [3.63, 3.8) is 0 Å². The number of esters is 1. The summed E-state index contributed by atoms with van der Waals surface area (Å²) < 4.78 is 4.61. The van der Waals surface area contributed by atoms with Crippen LogP contribution in [0.25, 0.3) is 0 Å². The normalized spacial score (nSPS) is 14.1. The van der Waals surface area contributed by atoms with E-state index in [1.807, 2.05) is 0 Å². The molecule has 72 valence electrons. The number of ether oxygens (including phenoxy) is 1. The van der Waals surface area contributed by atoms with Crippen LogP contribution in [0.5, 0.6) is 0 Å². The van der Waals surface area contributed by atoms with Crippen LogP contribution in [-0.2, 0) is 9.53 Å². The van der Waals surface area contributed by atoms with Crippen LogP contribution in [0, 0.1) is 5.41 Å². The van der Waals surface area contributed by atoms with Crippen LogP contribution in [0.15, 0.2) is 0 Å². The van der Waals surface area contributed by atoms with Gasteiger partial charge in [-0.05, 0) is 20.8 Å². The standard InChI is InChI=1S/C8H16O4/c1-8(2,3)7(11)12-6(10)4-5-9/h6,9-10H,4-5H2,1-3H3. The zero-order valence-electron chi connectivity index (χ0n) is 7.70. The van der Waals surface area contributed by atoms with Crippen LogP contribution in [-0.4, -0.2) is 29.1 Å². The van der Waals surface area contributed by atoms with E-state index in [9.17, 15) is 4.79 Å². The fourth-order valence-corrected chi connectivity index (χ4v) is 0.470. The summed E-state index contributed by atoms with van der Waals surface area (Å²) >= 11 is 0. The van der Waals surface area contributed by atoms with Crippen molar-refractivity contribution >= 4 is 5.97 Å². The van der Waals surface area contributed by atoms with Crippen LogP contribution in [0.4, 0.5) is 0 Å². The minimum Gasteiger partial charge on any atom is -0.435 e. The number of aliphatic hydroxyl groups is 2. The zero-order valence-corrected chi connectivity index (χ0v) is 7.70.